The molecular weight excluding hydrogens is 290 g/mol. The van der Waals surface area contributed by atoms with E-state index in [9.17, 15) is 13.9 Å². The number of rotatable bonds is 7. The Balaban J connectivity index is 1.97. The summed E-state index contributed by atoms with van der Waals surface area (Å²) >= 11 is 0. The Kier molecular flexibility index (Phi) is 5.74. The molecule has 4 nitrogen and oxygen atoms in total. The standard InChI is InChI=1S/C16H22F2N2O2/c1-12-8-14(4-5-15(12)22-11-16(17)18)10-20-7-3-6-19(20)9-13(2)21/h3-6,8,13,16,21H,7,9-11H2,1-2H3. The molecule has 22 heavy (non-hydrogen) atoms. The van der Waals surface area contributed by atoms with Crippen molar-refractivity contribution in [2.24, 2.45) is 0 Å². The molecule has 2 rings (SSSR count). The highest BCUT2D eigenvalue weighted by Crippen LogP contribution is 2.22. The normalized spacial score (nSPS) is 16.5. The van der Waals surface area contributed by atoms with E-state index in [4.69, 9.17) is 4.74 Å². The highest BCUT2D eigenvalue weighted by Gasteiger charge is 2.18. The van der Waals surface area contributed by atoms with Crippen LogP contribution in [0.5, 0.6) is 5.75 Å². The molecule has 1 aromatic rings. The Bertz CT molecular complexity index is 521. The molecule has 0 saturated heterocycles. The maximum Gasteiger partial charge on any atom is 0.272 e. The van der Waals surface area contributed by atoms with Gasteiger partial charge in [0.1, 0.15) is 12.4 Å². The number of aryl methyl sites for hydroxylation is 1. The first-order chi connectivity index (χ1) is 10.5. The van der Waals surface area contributed by atoms with Gasteiger partial charge in [0.2, 0.25) is 0 Å². The van der Waals surface area contributed by atoms with E-state index in [2.05, 4.69) is 5.01 Å². The largest absolute Gasteiger partial charge is 0.487 e. The van der Waals surface area contributed by atoms with Crippen molar-refractivity contribution in [2.45, 2.75) is 32.9 Å². The second-order valence-corrected chi connectivity index (χ2v) is 5.50. The van der Waals surface area contributed by atoms with Crippen LogP contribution in [-0.4, -0.2) is 47.4 Å². The number of nitrogens with zero attached hydrogens (tertiary/aromatic N) is 2. The summed E-state index contributed by atoms with van der Waals surface area (Å²) in [5.41, 5.74) is 1.91. The summed E-state index contributed by atoms with van der Waals surface area (Å²) in [6, 6.07) is 5.56. The summed E-state index contributed by atoms with van der Waals surface area (Å²) < 4.78 is 29.4. The van der Waals surface area contributed by atoms with Crippen molar-refractivity contribution in [2.75, 3.05) is 19.7 Å². The highest BCUT2D eigenvalue weighted by atomic mass is 19.3. The van der Waals surface area contributed by atoms with Gasteiger partial charge in [-0.25, -0.2) is 13.8 Å². The summed E-state index contributed by atoms with van der Waals surface area (Å²) in [4.78, 5) is 0. The summed E-state index contributed by atoms with van der Waals surface area (Å²) in [5, 5.41) is 13.6. The predicted octanol–water partition coefficient (Wildman–Crippen LogP) is 2.57. The first kappa shape index (κ1) is 16.7. The van der Waals surface area contributed by atoms with Gasteiger partial charge in [0.05, 0.1) is 12.6 Å². The molecule has 0 saturated carbocycles. The molecule has 0 spiro atoms. The smallest absolute Gasteiger partial charge is 0.272 e. The maximum atomic E-state index is 12.2. The number of aliphatic hydroxyl groups excluding tert-OH is 1. The predicted molar refractivity (Wildman–Crippen MR) is 80.6 cm³/mol. The average Bonchev–Trinajstić information content (AvgIpc) is 2.84. The fourth-order valence-electron chi connectivity index (χ4n) is 2.43. The van der Waals surface area contributed by atoms with Gasteiger partial charge in [-0.3, -0.25) is 0 Å². The van der Waals surface area contributed by atoms with E-state index < -0.39 is 19.1 Å². The van der Waals surface area contributed by atoms with Crippen LogP contribution < -0.4 is 4.74 Å². The number of aliphatic hydroxyl groups is 1. The van der Waals surface area contributed by atoms with E-state index in [0.29, 0.717) is 18.8 Å². The SMILES string of the molecule is Cc1cc(CN2CC=CN2CC(C)O)ccc1OCC(F)F. The molecule has 1 heterocycles. The fourth-order valence-corrected chi connectivity index (χ4v) is 2.43. The number of β-amino-alcohol motifs (C(OH)–C–C–N with tert-alkyl or cyclic N) is 1. The van der Waals surface area contributed by atoms with Crippen LogP contribution in [0.25, 0.3) is 0 Å². The molecule has 0 aliphatic carbocycles. The number of halogens is 2. The average molecular weight is 312 g/mol. The second kappa shape index (κ2) is 7.56. The van der Waals surface area contributed by atoms with Crippen LogP contribution in [0.2, 0.25) is 0 Å². The third kappa shape index (κ3) is 4.68. The number of alkyl halides is 2. The quantitative estimate of drug-likeness (QED) is 0.839. The van der Waals surface area contributed by atoms with Crippen molar-refractivity contribution < 1.29 is 18.6 Å². The number of benzene rings is 1. The van der Waals surface area contributed by atoms with Crippen LogP contribution in [0.15, 0.2) is 30.5 Å². The van der Waals surface area contributed by atoms with Crippen molar-refractivity contribution in [3.8, 4) is 5.75 Å². The summed E-state index contributed by atoms with van der Waals surface area (Å²) in [7, 11) is 0. The fraction of sp³-hybridized carbons (Fsp3) is 0.500. The Labute approximate surface area is 129 Å². The molecule has 1 aromatic carbocycles. The van der Waals surface area contributed by atoms with E-state index in [1.807, 2.05) is 36.3 Å². The number of hydrazine groups is 1. The van der Waals surface area contributed by atoms with Crippen LogP contribution in [0.4, 0.5) is 8.78 Å². The molecule has 122 valence electrons. The molecule has 0 radical (unpaired) electrons. The molecule has 1 N–H and O–H groups in total. The summed E-state index contributed by atoms with van der Waals surface area (Å²) in [5.74, 6) is 0.490. The van der Waals surface area contributed by atoms with Gasteiger partial charge in [0.25, 0.3) is 6.43 Å². The van der Waals surface area contributed by atoms with Gasteiger partial charge < -0.3 is 14.9 Å². The third-order valence-corrected chi connectivity index (χ3v) is 3.38. The van der Waals surface area contributed by atoms with Crippen molar-refractivity contribution in [1.82, 2.24) is 10.0 Å². The zero-order valence-corrected chi connectivity index (χ0v) is 12.9. The minimum Gasteiger partial charge on any atom is -0.487 e. The van der Waals surface area contributed by atoms with E-state index in [0.717, 1.165) is 17.7 Å². The van der Waals surface area contributed by atoms with Gasteiger partial charge in [-0.05, 0) is 31.0 Å². The lowest BCUT2D eigenvalue weighted by molar-refractivity contribution is 0.00717. The lowest BCUT2D eigenvalue weighted by atomic mass is 10.1. The van der Waals surface area contributed by atoms with Gasteiger partial charge in [-0.15, -0.1) is 0 Å². The first-order valence-electron chi connectivity index (χ1n) is 7.32. The highest BCUT2D eigenvalue weighted by molar-refractivity contribution is 5.36. The monoisotopic (exact) mass is 312 g/mol. The van der Waals surface area contributed by atoms with Crippen LogP contribution >= 0.6 is 0 Å². The Morgan fingerprint density at radius 2 is 2.14 bits per heavy atom. The first-order valence-corrected chi connectivity index (χ1v) is 7.32. The molecule has 0 fully saturated rings. The maximum absolute atomic E-state index is 12.2. The molecule has 0 amide bonds. The molecule has 6 heteroatoms. The topological polar surface area (TPSA) is 35.9 Å². The van der Waals surface area contributed by atoms with Crippen molar-refractivity contribution in [1.29, 1.82) is 0 Å². The molecule has 0 bridgehead atoms. The Morgan fingerprint density at radius 1 is 1.36 bits per heavy atom. The van der Waals surface area contributed by atoms with Gasteiger partial charge in [-0.1, -0.05) is 18.2 Å². The number of hydrogen-bond acceptors (Lipinski definition) is 4. The molecular formula is C16H22F2N2O2. The Hall–Kier alpha value is -1.66. The van der Waals surface area contributed by atoms with Gasteiger partial charge >= 0.3 is 0 Å². The van der Waals surface area contributed by atoms with Gasteiger partial charge in [-0.2, -0.15) is 0 Å². The van der Waals surface area contributed by atoms with E-state index in [1.54, 1.807) is 13.0 Å². The lowest BCUT2D eigenvalue weighted by Gasteiger charge is -2.30. The molecule has 1 aliphatic rings. The van der Waals surface area contributed by atoms with Gasteiger partial charge in [0.15, 0.2) is 0 Å². The second-order valence-electron chi connectivity index (χ2n) is 5.50. The molecule has 0 aromatic heterocycles. The van der Waals surface area contributed by atoms with E-state index in [-0.39, 0.29) is 0 Å². The molecule has 1 unspecified atom stereocenters. The molecule has 1 aliphatic heterocycles. The number of ether oxygens (including phenoxy) is 1. The van der Waals surface area contributed by atoms with Crippen LogP contribution in [0, 0.1) is 6.92 Å². The van der Waals surface area contributed by atoms with Crippen molar-refractivity contribution >= 4 is 0 Å². The summed E-state index contributed by atoms with van der Waals surface area (Å²) in [6.07, 6.45) is 1.12. The Morgan fingerprint density at radius 3 is 2.77 bits per heavy atom. The lowest BCUT2D eigenvalue weighted by Crippen LogP contribution is -2.38. The van der Waals surface area contributed by atoms with Crippen LogP contribution in [0.1, 0.15) is 18.1 Å². The third-order valence-electron chi connectivity index (χ3n) is 3.38. The minimum absolute atomic E-state index is 0.405. The summed E-state index contributed by atoms with van der Waals surface area (Å²) in [6.45, 7) is 5.04. The molecule has 1 atom stereocenters. The van der Waals surface area contributed by atoms with E-state index in [1.165, 1.54) is 0 Å². The van der Waals surface area contributed by atoms with Crippen molar-refractivity contribution in [3.63, 3.8) is 0 Å². The zero-order chi connectivity index (χ0) is 16.1. The van der Waals surface area contributed by atoms with Crippen LogP contribution in [0.3, 0.4) is 0 Å². The number of hydrogen-bond donors (Lipinski definition) is 1. The van der Waals surface area contributed by atoms with E-state index >= 15 is 0 Å². The minimum atomic E-state index is -2.47. The van der Waals surface area contributed by atoms with Gasteiger partial charge in [0, 0.05) is 19.3 Å². The van der Waals surface area contributed by atoms with Crippen molar-refractivity contribution in [3.05, 3.63) is 41.6 Å². The zero-order valence-electron chi connectivity index (χ0n) is 12.9. The van der Waals surface area contributed by atoms with Crippen LogP contribution in [-0.2, 0) is 6.54 Å².